The summed E-state index contributed by atoms with van der Waals surface area (Å²) in [4.78, 5) is 4.94. The van der Waals surface area contributed by atoms with E-state index in [2.05, 4.69) is 47.1 Å². The molecule has 5 nitrogen and oxygen atoms in total. The Bertz CT molecular complexity index is 608. The predicted molar refractivity (Wildman–Crippen MR) is 91.0 cm³/mol. The van der Waals surface area contributed by atoms with Crippen molar-refractivity contribution < 1.29 is 0 Å². The highest BCUT2D eigenvalue weighted by atomic mass is 15.3. The number of aromatic nitrogens is 2. The zero-order chi connectivity index (χ0) is 15.5. The average Bonchev–Trinajstić information content (AvgIpc) is 2.89. The van der Waals surface area contributed by atoms with Gasteiger partial charge in [0.05, 0.1) is 5.69 Å². The van der Waals surface area contributed by atoms with Crippen molar-refractivity contribution in [3.63, 3.8) is 0 Å². The number of piperazine rings is 1. The zero-order valence-corrected chi connectivity index (χ0v) is 13.5. The number of nitrogens with two attached hydrogens (primary N) is 1. The van der Waals surface area contributed by atoms with Crippen molar-refractivity contribution in [2.75, 3.05) is 36.8 Å². The minimum atomic E-state index is 0.825. The molecule has 1 aliphatic heterocycles. The molecule has 0 aliphatic carbocycles. The van der Waals surface area contributed by atoms with Crippen LogP contribution in [0.15, 0.2) is 30.5 Å². The summed E-state index contributed by atoms with van der Waals surface area (Å²) < 4.78 is 2.02. The maximum Gasteiger partial charge on any atom is 0.0638 e. The second kappa shape index (κ2) is 6.40. The summed E-state index contributed by atoms with van der Waals surface area (Å²) in [6, 6.07) is 8.18. The van der Waals surface area contributed by atoms with Gasteiger partial charge in [-0.15, -0.1) is 0 Å². The molecule has 1 saturated heterocycles. The van der Waals surface area contributed by atoms with Crippen LogP contribution in [-0.4, -0.2) is 40.9 Å². The fourth-order valence-corrected chi connectivity index (χ4v) is 2.97. The Kier molecular flexibility index (Phi) is 4.34. The van der Waals surface area contributed by atoms with Gasteiger partial charge in [-0.25, -0.2) is 0 Å². The quantitative estimate of drug-likeness (QED) is 0.879. The summed E-state index contributed by atoms with van der Waals surface area (Å²) >= 11 is 0. The lowest BCUT2D eigenvalue weighted by molar-refractivity contribution is 0.249. The first-order chi connectivity index (χ1) is 10.7. The van der Waals surface area contributed by atoms with Gasteiger partial charge in [-0.1, -0.05) is 0 Å². The zero-order valence-electron chi connectivity index (χ0n) is 13.5. The van der Waals surface area contributed by atoms with E-state index in [1.165, 1.54) is 11.3 Å². The smallest absolute Gasteiger partial charge is 0.0638 e. The minimum Gasteiger partial charge on any atom is -0.399 e. The Morgan fingerprint density at radius 3 is 2.36 bits per heavy atom. The lowest BCUT2D eigenvalue weighted by Crippen LogP contribution is -2.46. The lowest BCUT2D eigenvalue weighted by atomic mass is 10.2. The molecule has 1 aromatic carbocycles. The highest BCUT2D eigenvalue weighted by molar-refractivity contribution is 5.53. The molecule has 0 atom stereocenters. The molecule has 118 valence electrons. The van der Waals surface area contributed by atoms with E-state index in [1.807, 2.05) is 16.8 Å². The number of rotatable bonds is 4. The third-order valence-corrected chi connectivity index (χ3v) is 4.40. The summed E-state index contributed by atoms with van der Waals surface area (Å²) in [5, 5.41) is 4.53. The van der Waals surface area contributed by atoms with E-state index < -0.39 is 0 Å². The van der Waals surface area contributed by atoms with Gasteiger partial charge in [0.25, 0.3) is 0 Å². The number of benzene rings is 1. The van der Waals surface area contributed by atoms with E-state index in [4.69, 9.17) is 5.73 Å². The summed E-state index contributed by atoms with van der Waals surface area (Å²) in [6.45, 7) is 10.5. The van der Waals surface area contributed by atoms with Crippen LogP contribution in [-0.2, 0) is 13.1 Å². The van der Waals surface area contributed by atoms with Crippen LogP contribution < -0.4 is 10.6 Å². The molecule has 2 aromatic rings. The molecule has 0 spiro atoms. The Morgan fingerprint density at radius 2 is 1.77 bits per heavy atom. The third-order valence-electron chi connectivity index (χ3n) is 4.40. The van der Waals surface area contributed by atoms with Crippen molar-refractivity contribution in [3.05, 3.63) is 41.7 Å². The highest BCUT2D eigenvalue weighted by Gasteiger charge is 2.18. The first kappa shape index (κ1) is 14.9. The number of hydrogen-bond acceptors (Lipinski definition) is 4. The van der Waals surface area contributed by atoms with Gasteiger partial charge in [0.1, 0.15) is 0 Å². The first-order valence-corrected chi connectivity index (χ1v) is 8.01. The summed E-state index contributed by atoms with van der Waals surface area (Å²) in [5.74, 6) is 0. The lowest BCUT2D eigenvalue weighted by Gasteiger charge is -2.36. The van der Waals surface area contributed by atoms with Gasteiger partial charge in [0.15, 0.2) is 0 Å². The Labute approximate surface area is 132 Å². The van der Waals surface area contributed by atoms with E-state index in [9.17, 15) is 0 Å². The van der Waals surface area contributed by atoms with Crippen molar-refractivity contribution >= 4 is 11.4 Å². The van der Waals surface area contributed by atoms with Crippen LogP contribution in [0, 0.1) is 6.92 Å². The molecule has 3 rings (SSSR count). The molecular formula is C17H25N5. The summed E-state index contributed by atoms with van der Waals surface area (Å²) in [5.41, 5.74) is 10.4. The van der Waals surface area contributed by atoms with E-state index in [-0.39, 0.29) is 0 Å². The van der Waals surface area contributed by atoms with E-state index >= 15 is 0 Å². The molecule has 1 aromatic heterocycles. The van der Waals surface area contributed by atoms with E-state index in [0.717, 1.165) is 50.6 Å². The molecule has 0 amide bonds. The molecule has 5 heteroatoms. The summed E-state index contributed by atoms with van der Waals surface area (Å²) in [6.07, 6.45) is 2.18. The highest BCUT2D eigenvalue weighted by Crippen LogP contribution is 2.19. The molecule has 1 aliphatic rings. The predicted octanol–water partition coefficient (Wildman–Crippen LogP) is 2.12. The van der Waals surface area contributed by atoms with Crippen LogP contribution in [0.4, 0.5) is 11.4 Å². The standard InChI is InChI=1S/C17H25N5/c1-3-22-13-15(14(2)19-22)12-20-8-10-21(11-9-20)17-6-4-16(18)5-7-17/h4-7,13H,3,8-12,18H2,1-2H3. The van der Waals surface area contributed by atoms with Crippen molar-refractivity contribution in [1.29, 1.82) is 0 Å². The molecule has 2 N–H and O–H groups in total. The molecule has 0 radical (unpaired) electrons. The number of hydrogen-bond donors (Lipinski definition) is 1. The maximum absolute atomic E-state index is 5.76. The number of nitrogen functional groups attached to an aromatic ring is 1. The first-order valence-electron chi connectivity index (χ1n) is 8.01. The molecule has 22 heavy (non-hydrogen) atoms. The fraction of sp³-hybridized carbons (Fsp3) is 0.471. The second-order valence-corrected chi connectivity index (χ2v) is 5.95. The molecule has 0 bridgehead atoms. The topological polar surface area (TPSA) is 50.3 Å². The van der Waals surface area contributed by atoms with Crippen LogP contribution in [0.5, 0.6) is 0 Å². The molecule has 2 heterocycles. The van der Waals surface area contributed by atoms with Gasteiger partial charge >= 0.3 is 0 Å². The Morgan fingerprint density at radius 1 is 1.09 bits per heavy atom. The monoisotopic (exact) mass is 299 g/mol. The molecule has 0 unspecified atom stereocenters. The van der Waals surface area contributed by atoms with Crippen LogP contribution >= 0.6 is 0 Å². The van der Waals surface area contributed by atoms with Gasteiger partial charge in [0, 0.05) is 62.4 Å². The molecule has 1 fully saturated rings. The third kappa shape index (κ3) is 3.25. The maximum atomic E-state index is 5.76. The van der Waals surface area contributed by atoms with Crippen molar-refractivity contribution in [3.8, 4) is 0 Å². The molecular weight excluding hydrogens is 274 g/mol. The number of nitrogens with zero attached hydrogens (tertiary/aromatic N) is 4. The fourth-order valence-electron chi connectivity index (χ4n) is 2.97. The Balaban J connectivity index is 1.57. The van der Waals surface area contributed by atoms with Crippen LogP contribution in [0.25, 0.3) is 0 Å². The minimum absolute atomic E-state index is 0.825. The van der Waals surface area contributed by atoms with Crippen LogP contribution in [0.1, 0.15) is 18.2 Å². The van der Waals surface area contributed by atoms with E-state index in [0.29, 0.717) is 0 Å². The molecule has 0 saturated carbocycles. The van der Waals surface area contributed by atoms with Gasteiger partial charge in [0.2, 0.25) is 0 Å². The van der Waals surface area contributed by atoms with Crippen molar-refractivity contribution in [1.82, 2.24) is 14.7 Å². The Hall–Kier alpha value is -2.01. The van der Waals surface area contributed by atoms with Crippen LogP contribution in [0.2, 0.25) is 0 Å². The van der Waals surface area contributed by atoms with Crippen LogP contribution in [0.3, 0.4) is 0 Å². The van der Waals surface area contributed by atoms with Gasteiger partial charge in [-0.2, -0.15) is 5.10 Å². The SMILES string of the molecule is CCn1cc(CN2CCN(c3ccc(N)cc3)CC2)c(C)n1. The number of aryl methyl sites for hydroxylation is 2. The summed E-state index contributed by atoms with van der Waals surface area (Å²) in [7, 11) is 0. The van der Waals surface area contributed by atoms with E-state index in [1.54, 1.807) is 0 Å². The van der Waals surface area contributed by atoms with Crippen molar-refractivity contribution in [2.45, 2.75) is 26.9 Å². The normalized spacial score (nSPS) is 16.2. The van der Waals surface area contributed by atoms with Crippen molar-refractivity contribution in [2.24, 2.45) is 0 Å². The second-order valence-electron chi connectivity index (χ2n) is 5.95. The van der Waals surface area contributed by atoms with Gasteiger partial charge in [-0.3, -0.25) is 9.58 Å². The largest absolute Gasteiger partial charge is 0.399 e. The number of anilines is 2. The van der Waals surface area contributed by atoms with Gasteiger partial charge < -0.3 is 10.6 Å². The van der Waals surface area contributed by atoms with Gasteiger partial charge in [-0.05, 0) is 38.1 Å². The average molecular weight is 299 g/mol.